The second-order valence-corrected chi connectivity index (χ2v) is 3.93. The third-order valence-electron chi connectivity index (χ3n) is 2.59. The third-order valence-corrected chi connectivity index (χ3v) is 2.59. The first-order chi connectivity index (χ1) is 8.86. The number of hydrogen-bond donors (Lipinski definition) is 6. The van der Waals surface area contributed by atoms with E-state index in [1.165, 1.54) is 0 Å². The van der Waals surface area contributed by atoms with Crippen LogP contribution in [0.4, 0.5) is 0 Å². The molecular formula is C10H15NO8. The lowest BCUT2D eigenvalue weighted by molar-refractivity contribution is -0.253. The third kappa shape index (κ3) is 3.98. The number of carboxylic acid groups (broad SMARTS) is 1. The van der Waals surface area contributed by atoms with Crippen LogP contribution in [0, 0.1) is 0 Å². The Morgan fingerprint density at radius 3 is 2.32 bits per heavy atom. The number of ether oxygens (including phenoxy) is 1. The summed E-state index contributed by atoms with van der Waals surface area (Å²) in [6.45, 7) is -0.616. The first-order valence-corrected chi connectivity index (χ1v) is 5.39. The Kier molecular flexibility index (Phi) is 5.39. The van der Waals surface area contributed by atoms with E-state index in [-0.39, 0.29) is 0 Å². The number of amides is 1. The Hall–Kier alpha value is -1.52. The number of aliphatic carboxylic acids is 1. The zero-order chi connectivity index (χ0) is 14.6. The lowest BCUT2D eigenvalue weighted by atomic mass is 9.97. The summed E-state index contributed by atoms with van der Waals surface area (Å²) in [5.74, 6) is -2.22. The Labute approximate surface area is 107 Å². The summed E-state index contributed by atoms with van der Waals surface area (Å²) in [6.07, 6.45) is -4.62. The SMILES string of the molecule is O=C(O)/C=C\C(=O)N[C@@H]1[C@@H](O)[C@H](O)[C@@H](CO)O[C@H]1O. The van der Waals surface area contributed by atoms with Crippen LogP contribution < -0.4 is 5.32 Å². The fraction of sp³-hybridized carbons (Fsp3) is 0.600. The van der Waals surface area contributed by atoms with E-state index in [0.717, 1.165) is 0 Å². The van der Waals surface area contributed by atoms with Gasteiger partial charge in [-0.25, -0.2) is 4.79 Å². The molecule has 1 fully saturated rings. The Morgan fingerprint density at radius 2 is 1.79 bits per heavy atom. The number of aliphatic hydroxyl groups is 4. The highest BCUT2D eigenvalue weighted by Crippen LogP contribution is 2.19. The molecule has 6 N–H and O–H groups in total. The zero-order valence-electron chi connectivity index (χ0n) is 9.71. The highest BCUT2D eigenvalue weighted by atomic mass is 16.6. The summed E-state index contributed by atoms with van der Waals surface area (Å²) in [5.41, 5.74) is 0. The molecule has 1 amide bonds. The van der Waals surface area contributed by atoms with Gasteiger partial charge in [-0.3, -0.25) is 4.79 Å². The van der Waals surface area contributed by atoms with Gasteiger partial charge in [-0.05, 0) is 0 Å². The molecule has 0 spiro atoms. The van der Waals surface area contributed by atoms with Crippen molar-refractivity contribution in [1.82, 2.24) is 5.32 Å². The number of aliphatic hydroxyl groups excluding tert-OH is 4. The van der Waals surface area contributed by atoms with Gasteiger partial charge in [0.1, 0.15) is 24.4 Å². The van der Waals surface area contributed by atoms with Gasteiger partial charge in [0.2, 0.25) is 5.91 Å². The molecule has 1 heterocycles. The van der Waals surface area contributed by atoms with Crippen molar-refractivity contribution >= 4 is 11.9 Å². The van der Waals surface area contributed by atoms with Crippen LogP contribution in [0.2, 0.25) is 0 Å². The Balaban J connectivity index is 2.67. The van der Waals surface area contributed by atoms with Crippen molar-refractivity contribution in [1.29, 1.82) is 0 Å². The monoisotopic (exact) mass is 277 g/mol. The van der Waals surface area contributed by atoms with Gasteiger partial charge in [0, 0.05) is 12.2 Å². The van der Waals surface area contributed by atoms with Crippen LogP contribution in [-0.4, -0.2) is 74.7 Å². The summed E-state index contributed by atoms with van der Waals surface area (Å²) >= 11 is 0. The second kappa shape index (κ2) is 6.59. The lowest BCUT2D eigenvalue weighted by Gasteiger charge is -2.40. The number of carbonyl (C=O) groups excluding carboxylic acids is 1. The summed E-state index contributed by atoms with van der Waals surface area (Å²) in [6, 6.07) is -1.34. The van der Waals surface area contributed by atoms with Crippen molar-refractivity contribution in [2.75, 3.05) is 6.61 Å². The van der Waals surface area contributed by atoms with Crippen molar-refractivity contribution in [3.05, 3.63) is 12.2 Å². The molecule has 0 bridgehead atoms. The standard InChI is InChI=1S/C10H15NO8/c12-3-4-8(16)9(17)7(10(18)19-4)11-5(13)1-2-6(14)15/h1-2,4,7-10,12,16-18H,3H2,(H,11,13)(H,14,15)/b2-1-/t4-,7-,8-,9-,10-/m1/s1. The van der Waals surface area contributed by atoms with E-state index in [1.54, 1.807) is 0 Å². The van der Waals surface area contributed by atoms with Crippen LogP contribution in [-0.2, 0) is 14.3 Å². The highest BCUT2D eigenvalue weighted by Gasteiger charge is 2.44. The molecule has 9 nitrogen and oxygen atoms in total. The van der Waals surface area contributed by atoms with Crippen molar-refractivity contribution in [2.24, 2.45) is 0 Å². The number of carboxylic acids is 1. The topological polar surface area (TPSA) is 157 Å². The van der Waals surface area contributed by atoms with E-state index in [0.29, 0.717) is 12.2 Å². The predicted octanol–water partition coefficient (Wildman–Crippen LogP) is -3.46. The molecule has 1 rings (SSSR count). The van der Waals surface area contributed by atoms with Gasteiger partial charge in [-0.1, -0.05) is 0 Å². The molecule has 1 saturated heterocycles. The van der Waals surface area contributed by atoms with Gasteiger partial charge in [0.25, 0.3) is 0 Å². The average Bonchev–Trinajstić information content (AvgIpc) is 2.36. The summed E-state index contributed by atoms with van der Waals surface area (Å²) < 4.78 is 4.80. The summed E-state index contributed by atoms with van der Waals surface area (Å²) in [7, 11) is 0. The zero-order valence-corrected chi connectivity index (χ0v) is 9.71. The number of carbonyl (C=O) groups is 2. The molecule has 19 heavy (non-hydrogen) atoms. The fourth-order valence-electron chi connectivity index (χ4n) is 1.61. The van der Waals surface area contributed by atoms with E-state index >= 15 is 0 Å². The maximum Gasteiger partial charge on any atom is 0.328 e. The minimum atomic E-state index is -1.64. The van der Waals surface area contributed by atoms with E-state index < -0.39 is 49.1 Å². The van der Waals surface area contributed by atoms with Crippen LogP contribution in [0.25, 0.3) is 0 Å². The van der Waals surface area contributed by atoms with Gasteiger partial charge >= 0.3 is 5.97 Å². The minimum Gasteiger partial charge on any atom is -0.478 e. The number of rotatable bonds is 4. The van der Waals surface area contributed by atoms with Crippen molar-refractivity contribution in [2.45, 2.75) is 30.6 Å². The smallest absolute Gasteiger partial charge is 0.328 e. The van der Waals surface area contributed by atoms with Crippen molar-refractivity contribution < 1.29 is 39.9 Å². The Bertz CT molecular complexity index is 371. The predicted molar refractivity (Wildman–Crippen MR) is 58.7 cm³/mol. The number of hydrogen-bond acceptors (Lipinski definition) is 7. The molecule has 1 aliphatic heterocycles. The van der Waals surface area contributed by atoms with Gasteiger partial charge in [0.15, 0.2) is 6.29 Å². The highest BCUT2D eigenvalue weighted by molar-refractivity contribution is 5.94. The van der Waals surface area contributed by atoms with Crippen LogP contribution in [0.1, 0.15) is 0 Å². The molecule has 0 aromatic heterocycles. The maximum atomic E-state index is 11.3. The second-order valence-electron chi connectivity index (χ2n) is 3.93. The molecular weight excluding hydrogens is 262 g/mol. The maximum absolute atomic E-state index is 11.3. The number of nitrogens with one attached hydrogen (secondary N) is 1. The molecule has 0 saturated carbocycles. The summed E-state index contributed by atoms with van der Waals surface area (Å²) in [5, 5.41) is 48.0. The first kappa shape index (κ1) is 15.5. The Morgan fingerprint density at radius 1 is 1.16 bits per heavy atom. The van der Waals surface area contributed by atoms with Crippen LogP contribution in [0.3, 0.4) is 0 Å². The van der Waals surface area contributed by atoms with E-state index in [2.05, 4.69) is 5.32 Å². The fourth-order valence-corrected chi connectivity index (χ4v) is 1.61. The first-order valence-electron chi connectivity index (χ1n) is 5.39. The van der Waals surface area contributed by atoms with Gasteiger partial charge in [-0.15, -0.1) is 0 Å². The molecule has 0 radical (unpaired) electrons. The molecule has 9 heteroatoms. The average molecular weight is 277 g/mol. The van der Waals surface area contributed by atoms with Crippen LogP contribution >= 0.6 is 0 Å². The normalized spacial score (nSPS) is 35.3. The van der Waals surface area contributed by atoms with E-state index in [4.69, 9.17) is 14.9 Å². The molecule has 1 aliphatic rings. The molecule has 0 unspecified atom stereocenters. The van der Waals surface area contributed by atoms with Crippen molar-refractivity contribution in [3.63, 3.8) is 0 Å². The molecule has 0 aromatic rings. The quantitative estimate of drug-likeness (QED) is 0.289. The minimum absolute atomic E-state index is 0.574. The molecule has 0 aliphatic carbocycles. The molecule has 108 valence electrons. The molecule has 5 atom stereocenters. The van der Waals surface area contributed by atoms with E-state index in [1.807, 2.05) is 0 Å². The summed E-state index contributed by atoms with van der Waals surface area (Å²) in [4.78, 5) is 21.5. The van der Waals surface area contributed by atoms with Gasteiger partial charge < -0.3 is 35.6 Å². The van der Waals surface area contributed by atoms with Crippen LogP contribution in [0.5, 0.6) is 0 Å². The lowest BCUT2D eigenvalue weighted by Crippen LogP contribution is -2.64. The largest absolute Gasteiger partial charge is 0.478 e. The van der Waals surface area contributed by atoms with Gasteiger partial charge in [-0.2, -0.15) is 0 Å². The van der Waals surface area contributed by atoms with Gasteiger partial charge in [0.05, 0.1) is 6.61 Å². The van der Waals surface area contributed by atoms with Crippen molar-refractivity contribution in [3.8, 4) is 0 Å². The van der Waals surface area contributed by atoms with Crippen LogP contribution in [0.15, 0.2) is 12.2 Å². The molecule has 0 aromatic carbocycles. The van der Waals surface area contributed by atoms with E-state index in [9.17, 15) is 24.9 Å².